The normalized spacial score (nSPS) is 17.7. The molecule has 0 saturated heterocycles. The molecule has 1 rings (SSSR count). The van der Waals surface area contributed by atoms with E-state index >= 15 is 0 Å². The van der Waals surface area contributed by atoms with E-state index in [2.05, 4.69) is 4.74 Å². The van der Waals surface area contributed by atoms with Crippen LogP contribution in [0.2, 0.25) is 0 Å². The van der Waals surface area contributed by atoms with E-state index in [9.17, 15) is 9.59 Å². The summed E-state index contributed by atoms with van der Waals surface area (Å²) in [6.45, 7) is 0. The van der Waals surface area contributed by atoms with Gasteiger partial charge in [0.2, 0.25) is 0 Å². The van der Waals surface area contributed by atoms with Crippen molar-refractivity contribution in [2.24, 2.45) is 0 Å². The maximum absolute atomic E-state index is 9.92. The molecule has 3 nitrogen and oxygen atoms in total. The second kappa shape index (κ2) is 1.18. The van der Waals surface area contributed by atoms with Gasteiger partial charge < -0.3 is 4.74 Å². The average Bonchev–Trinajstić information content (AvgIpc) is 1.87. The van der Waals surface area contributed by atoms with Gasteiger partial charge in [-0.25, -0.2) is 9.59 Å². The molecule has 0 N–H and O–H groups in total. The molecule has 7 heavy (non-hydrogen) atoms. The van der Waals surface area contributed by atoms with Gasteiger partial charge in [0.1, 0.15) is 0 Å². The zero-order valence-electron chi connectivity index (χ0n) is 3.38. The Balaban J connectivity index is 2.76. The van der Waals surface area contributed by atoms with Crippen LogP contribution in [0.1, 0.15) is 0 Å². The highest BCUT2D eigenvalue weighted by atomic mass is 16.7. The zero-order chi connectivity index (χ0) is 5.28. The van der Waals surface area contributed by atoms with Gasteiger partial charge in [-0.2, -0.15) is 0 Å². The number of esters is 2. The Labute approximate surface area is 39.6 Å². The lowest BCUT2D eigenvalue weighted by atomic mass is 10.6. The summed E-state index contributed by atoms with van der Waals surface area (Å²) in [6, 6.07) is 0. The minimum atomic E-state index is -0.579. The smallest absolute Gasteiger partial charge is 0.338 e. The molecule has 3 heteroatoms. The summed E-state index contributed by atoms with van der Waals surface area (Å²) < 4.78 is 3.97. The molecule has 0 aliphatic carbocycles. The van der Waals surface area contributed by atoms with E-state index in [1.54, 1.807) is 0 Å². The van der Waals surface area contributed by atoms with Crippen molar-refractivity contribution < 1.29 is 14.3 Å². The third kappa shape index (κ3) is 0.652. The molecule has 0 fully saturated rings. The van der Waals surface area contributed by atoms with Crippen molar-refractivity contribution in [3.63, 3.8) is 0 Å². The SMILES string of the molecule is O=C1C=C[13C](=O)O1. The van der Waals surface area contributed by atoms with Crippen molar-refractivity contribution in [2.45, 2.75) is 0 Å². The molecule has 1 aliphatic rings. The first-order chi connectivity index (χ1) is 3.29. The van der Waals surface area contributed by atoms with Gasteiger partial charge in [-0.1, -0.05) is 0 Å². The number of carbonyl (C=O) groups excluding carboxylic acids is 2. The van der Waals surface area contributed by atoms with Crippen molar-refractivity contribution >= 4 is 11.9 Å². The maximum atomic E-state index is 9.92. The average molecular weight is 99.0 g/mol. The van der Waals surface area contributed by atoms with E-state index in [-0.39, 0.29) is 0 Å². The Hall–Kier alpha value is -1.12. The van der Waals surface area contributed by atoms with Gasteiger partial charge in [-0.15, -0.1) is 0 Å². The van der Waals surface area contributed by atoms with E-state index in [1.807, 2.05) is 0 Å². The molecular formula is C4H2O3. The largest absolute Gasteiger partial charge is 0.387 e. The number of ether oxygens (including phenoxy) is 1. The number of hydrogen-bond donors (Lipinski definition) is 0. The Kier molecular flexibility index (Phi) is 0.685. The summed E-state index contributed by atoms with van der Waals surface area (Å²) in [4.78, 5) is 19.8. The number of hydrogen-bond acceptors (Lipinski definition) is 3. The summed E-state index contributed by atoms with van der Waals surface area (Å²) in [7, 11) is 0. The maximum Gasteiger partial charge on any atom is 0.338 e. The van der Waals surface area contributed by atoms with Crippen LogP contribution >= 0.6 is 0 Å². The predicted octanol–water partition coefficient (Wildman–Crippen LogP) is -0.374. The highest BCUT2D eigenvalue weighted by Crippen LogP contribution is 1.92. The van der Waals surface area contributed by atoms with E-state index in [1.165, 1.54) is 0 Å². The van der Waals surface area contributed by atoms with Gasteiger partial charge >= 0.3 is 11.9 Å². The molecule has 36 valence electrons. The third-order valence-corrected chi connectivity index (χ3v) is 0.557. The van der Waals surface area contributed by atoms with Gasteiger partial charge in [0.25, 0.3) is 0 Å². The lowest BCUT2D eigenvalue weighted by Crippen LogP contribution is -1.96. The fourth-order valence-corrected chi connectivity index (χ4v) is 0.303. The standard InChI is InChI=1S/C4H2O3/c5-3-1-2-4(6)7-3/h1-2H/i3+1. The van der Waals surface area contributed by atoms with Gasteiger partial charge in [0.15, 0.2) is 0 Å². The minimum absolute atomic E-state index is 0.579. The van der Waals surface area contributed by atoms with Crippen LogP contribution in [0, 0.1) is 0 Å². The van der Waals surface area contributed by atoms with Crippen molar-refractivity contribution in [1.82, 2.24) is 0 Å². The predicted molar refractivity (Wildman–Crippen MR) is 20.2 cm³/mol. The van der Waals surface area contributed by atoms with Crippen LogP contribution in [0.5, 0.6) is 0 Å². The van der Waals surface area contributed by atoms with Crippen molar-refractivity contribution in [2.75, 3.05) is 0 Å². The van der Waals surface area contributed by atoms with Crippen LogP contribution in [0.4, 0.5) is 0 Å². The quantitative estimate of drug-likeness (QED) is 0.236. The van der Waals surface area contributed by atoms with Crippen molar-refractivity contribution in [1.29, 1.82) is 0 Å². The van der Waals surface area contributed by atoms with Crippen LogP contribution in [-0.4, -0.2) is 11.9 Å². The number of cyclic esters (lactones) is 2. The Bertz CT molecular complexity index is 129. The second-order valence-corrected chi connectivity index (χ2v) is 1.07. The van der Waals surface area contributed by atoms with Crippen LogP contribution < -0.4 is 0 Å². The fourth-order valence-electron chi connectivity index (χ4n) is 0.303. The molecule has 0 aromatic rings. The van der Waals surface area contributed by atoms with Gasteiger partial charge in [-0.3, -0.25) is 0 Å². The summed E-state index contributed by atoms with van der Waals surface area (Å²) >= 11 is 0. The van der Waals surface area contributed by atoms with Crippen LogP contribution in [0.3, 0.4) is 0 Å². The molecule has 1 aliphatic heterocycles. The van der Waals surface area contributed by atoms with E-state index in [4.69, 9.17) is 0 Å². The summed E-state index contributed by atoms with van der Waals surface area (Å²) in [5.41, 5.74) is 0. The zero-order valence-corrected chi connectivity index (χ0v) is 3.38. The number of rotatable bonds is 0. The van der Waals surface area contributed by atoms with Gasteiger partial charge in [0, 0.05) is 12.2 Å². The monoisotopic (exact) mass is 99.0 g/mol. The first kappa shape index (κ1) is 4.05. The fraction of sp³-hybridized carbons (Fsp3) is 0. The van der Waals surface area contributed by atoms with Crippen molar-refractivity contribution in [3.05, 3.63) is 12.2 Å². The Morgan fingerprint density at radius 1 is 1.14 bits per heavy atom. The highest BCUT2D eigenvalue weighted by molar-refractivity contribution is 6.04. The summed E-state index contributed by atoms with van der Waals surface area (Å²) in [5, 5.41) is 0. The third-order valence-electron chi connectivity index (χ3n) is 0.557. The lowest BCUT2D eigenvalue weighted by molar-refractivity contribution is -0.150. The summed E-state index contributed by atoms with van der Waals surface area (Å²) in [6.07, 6.45) is 2.17. The minimum Gasteiger partial charge on any atom is -0.387 e. The first-order valence-electron chi connectivity index (χ1n) is 1.73. The first-order valence-corrected chi connectivity index (χ1v) is 1.73. The molecule has 0 aromatic carbocycles. The van der Waals surface area contributed by atoms with E-state index in [0.717, 1.165) is 12.2 Å². The molecule has 0 amide bonds. The highest BCUT2D eigenvalue weighted by Gasteiger charge is 2.10. The summed E-state index contributed by atoms with van der Waals surface area (Å²) in [5.74, 6) is -1.16. The van der Waals surface area contributed by atoms with Crippen LogP contribution in [0.25, 0.3) is 0 Å². The van der Waals surface area contributed by atoms with E-state index in [0.29, 0.717) is 0 Å². The lowest BCUT2D eigenvalue weighted by Gasteiger charge is -1.80. The van der Waals surface area contributed by atoms with Crippen LogP contribution in [-0.2, 0) is 14.3 Å². The Morgan fingerprint density at radius 2 is 1.57 bits per heavy atom. The molecule has 0 radical (unpaired) electrons. The topological polar surface area (TPSA) is 43.4 Å². The van der Waals surface area contributed by atoms with Gasteiger partial charge in [0.05, 0.1) is 0 Å². The molecule has 0 bridgehead atoms. The molecule has 0 aromatic heterocycles. The Morgan fingerprint density at radius 3 is 1.71 bits per heavy atom. The van der Waals surface area contributed by atoms with Gasteiger partial charge in [-0.05, 0) is 0 Å². The second-order valence-electron chi connectivity index (χ2n) is 1.07. The van der Waals surface area contributed by atoms with Crippen molar-refractivity contribution in [3.8, 4) is 0 Å². The molecule has 0 atom stereocenters. The number of carbonyl (C=O) groups is 2. The molecule has 0 unspecified atom stereocenters. The van der Waals surface area contributed by atoms with Crippen LogP contribution in [0.15, 0.2) is 12.2 Å². The molecule has 1 heterocycles. The molecule has 0 spiro atoms. The molecule has 0 saturated carbocycles. The molecular weight excluding hydrogens is 97.0 g/mol. The van der Waals surface area contributed by atoms with E-state index < -0.39 is 11.9 Å².